The van der Waals surface area contributed by atoms with Crippen molar-refractivity contribution in [1.29, 1.82) is 0 Å². The summed E-state index contributed by atoms with van der Waals surface area (Å²) in [6.45, 7) is 0. The molecule has 1 heterocycles. The fraction of sp³-hybridized carbons (Fsp3) is 0.143. The van der Waals surface area contributed by atoms with E-state index in [0.717, 1.165) is 0 Å². The summed E-state index contributed by atoms with van der Waals surface area (Å²) in [5.74, 6) is 1.05. The molecule has 120 valence electrons. The molecule has 0 fully saturated rings. The Morgan fingerprint density at radius 1 is 1.13 bits per heavy atom. The number of H-pyrrole nitrogens is 2. The minimum Gasteiger partial charge on any atom is -0.497 e. The van der Waals surface area contributed by atoms with E-state index in [1.54, 1.807) is 18.2 Å². The van der Waals surface area contributed by atoms with Gasteiger partial charge in [-0.1, -0.05) is 0 Å². The largest absolute Gasteiger partial charge is 0.497 e. The number of nitro groups is 1. The summed E-state index contributed by atoms with van der Waals surface area (Å²) in [4.78, 5) is 37.0. The first-order valence-electron chi connectivity index (χ1n) is 6.37. The van der Waals surface area contributed by atoms with Crippen molar-refractivity contribution in [1.82, 2.24) is 9.97 Å². The second-order valence-electron chi connectivity index (χ2n) is 4.37. The second-order valence-corrected chi connectivity index (χ2v) is 4.37. The Hall–Kier alpha value is -3.36. The topological polar surface area (TPSA) is 127 Å². The van der Waals surface area contributed by atoms with Crippen molar-refractivity contribution in [2.45, 2.75) is 0 Å². The molecule has 0 aliphatic carbocycles. The SMILES string of the molecule is COc1ccc(C=Cc2[nH]c(=O)[nH]c(=O)c2[N+](=O)[O-])c(OC)c1. The summed E-state index contributed by atoms with van der Waals surface area (Å²) < 4.78 is 10.3. The predicted molar refractivity (Wildman–Crippen MR) is 82.8 cm³/mol. The molecule has 0 bridgehead atoms. The number of hydrogen-bond acceptors (Lipinski definition) is 6. The van der Waals surface area contributed by atoms with Gasteiger partial charge in [0.25, 0.3) is 0 Å². The number of methoxy groups -OCH3 is 2. The third kappa shape index (κ3) is 3.46. The van der Waals surface area contributed by atoms with Crippen LogP contribution >= 0.6 is 0 Å². The van der Waals surface area contributed by atoms with Gasteiger partial charge in [-0.25, -0.2) is 4.79 Å². The van der Waals surface area contributed by atoms with Crippen molar-refractivity contribution >= 4 is 17.8 Å². The van der Waals surface area contributed by atoms with Gasteiger partial charge in [-0.3, -0.25) is 19.9 Å². The lowest BCUT2D eigenvalue weighted by Crippen LogP contribution is -2.25. The molecule has 23 heavy (non-hydrogen) atoms. The van der Waals surface area contributed by atoms with Crippen molar-refractivity contribution in [3.63, 3.8) is 0 Å². The molecule has 0 saturated heterocycles. The number of benzene rings is 1. The number of hydrogen-bond donors (Lipinski definition) is 2. The van der Waals surface area contributed by atoms with Gasteiger partial charge in [-0.2, -0.15) is 0 Å². The Balaban J connectivity index is 2.51. The van der Waals surface area contributed by atoms with Gasteiger partial charge in [0.15, 0.2) is 0 Å². The first kappa shape index (κ1) is 16.0. The average molecular weight is 319 g/mol. The molecule has 2 aromatic rings. The number of nitrogens with one attached hydrogen (secondary N) is 2. The van der Waals surface area contributed by atoms with E-state index in [9.17, 15) is 19.7 Å². The summed E-state index contributed by atoms with van der Waals surface area (Å²) in [5, 5.41) is 11.0. The molecule has 0 saturated carbocycles. The fourth-order valence-electron chi connectivity index (χ4n) is 1.93. The number of nitrogens with zero attached hydrogens (tertiary/aromatic N) is 1. The van der Waals surface area contributed by atoms with Crippen molar-refractivity contribution < 1.29 is 14.4 Å². The summed E-state index contributed by atoms with van der Waals surface area (Å²) in [6, 6.07) is 4.98. The van der Waals surface area contributed by atoms with Crippen LogP contribution in [0, 0.1) is 10.1 Å². The highest BCUT2D eigenvalue weighted by Gasteiger charge is 2.18. The molecule has 9 heteroatoms. The Kier molecular flexibility index (Phi) is 4.60. The van der Waals surface area contributed by atoms with E-state index in [4.69, 9.17) is 9.47 Å². The van der Waals surface area contributed by atoms with Gasteiger partial charge in [0.1, 0.15) is 17.2 Å². The maximum atomic E-state index is 11.5. The van der Waals surface area contributed by atoms with Crippen LogP contribution < -0.4 is 20.7 Å². The van der Waals surface area contributed by atoms with Crippen LogP contribution in [0.15, 0.2) is 27.8 Å². The van der Waals surface area contributed by atoms with Gasteiger partial charge in [0.05, 0.1) is 19.1 Å². The van der Waals surface area contributed by atoms with Crippen LogP contribution in [0.25, 0.3) is 12.2 Å². The first-order valence-corrected chi connectivity index (χ1v) is 6.37. The zero-order chi connectivity index (χ0) is 17.0. The van der Waals surface area contributed by atoms with Gasteiger partial charge in [0.2, 0.25) is 0 Å². The Bertz CT molecular complexity index is 881. The van der Waals surface area contributed by atoms with Gasteiger partial charge >= 0.3 is 16.9 Å². The maximum Gasteiger partial charge on any atom is 0.357 e. The van der Waals surface area contributed by atoms with E-state index in [1.165, 1.54) is 26.4 Å². The van der Waals surface area contributed by atoms with Crippen LogP contribution in [0.2, 0.25) is 0 Å². The summed E-state index contributed by atoms with van der Waals surface area (Å²) in [7, 11) is 2.97. The van der Waals surface area contributed by atoms with E-state index in [0.29, 0.717) is 17.1 Å². The van der Waals surface area contributed by atoms with Crippen LogP contribution in [0.1, 0.15) is 11.3 Å². The van der Waals surface area contributed by atoms with Crippen LogP contribution in [0.4, 0.5) is 5.69 Å². The molecular formula is C14H13N3O6. The number of aromatic amines is 2. The van der Waals surface area contributed by atoms with Crippen molar-refractivity contribution in [3.8, 4) is 11.5 Å². The van der Waals surface area contributed by atoms with E-state index in [2.05, 4.69) is 4.98 Å². The molecule has 0 spiro atoms. The minimum atomic E-state index is -1.07. The molecule has 0 radical (unpaired) electrons. The lowest BCUT2D eigenvalue weighted by molar-refractivity contribution is -0.386. The average Bonchev–Trinajstić information content (AvgIpc) is 2.51. The number of rotatable bonds is 5. The van der Waals surface area contributed by atoms with Crippen LogP contribution in [0.5, 0.6) is 11.5 Å². The van der Waals surface area contributed by atoms with Gasteiger partial charge in [0, 0.05) is 11.6 Å². The fourth-order valence-corrected chi connectivity index (χ4v) is 1.93. The number of aromatic nitrogens is 2. The van der Waals surface area contributed by atoms with E-state index < -0.39 is 21.9 Å². The molecule has 2 N–H and O–H groups in total. The van der Waals surface area contributed by atoms with Gasteiger partial charge < -0.3 is 14.5 Å². The molecule has 0 amide bonds. The lowest BCUT2D eigenvalue weighted by Gasteiger charge is -2.07. The van der Waals surface area contributed by atoms with Crippen LogP contribution in [0.3, 0.4) is 0 Å². The molecule has 9 nitrogen and oxygen atoms in total. The molecular weight excluding hydrogens is 306 g/mol. The van der Waals surface area contributed by atoms with Crippen molar-refractivity contribution in [2.75, 3.05) is 14.2 Å². The molecule has 1 aromatic carbocycles. The maximum absolute atomic E-state index is 11.5. The zero-order valence-corrected chi connectivity index (χ0v) is 12.3. The second kappa shape index (κ2) is 6.60. The number of ether oxygens (including phenoxy) is 2. The normalized spacial score (nSPS) is 10.7. The minimum absolute atomic E-state index is 0.207. The monoisotopic (exact) mass is 319 g/mol. The highest BCUT2D eigenvalue weighted by Crippen LogP contribution is 2.26. The lowest BCUT2D eigenvalue weighted by atomic mass is 10.1. The Morgan fingerprint density at radius 2 is 1.87 bits per heavy atom. The van der Waals surface area contributed by atoms with Gasteiger partial charge in [-0.05, 0) is 24.3 Å². The summed E-state index contributed by atoms with van der Waals surface area (Å²) in [6.07, 6.45) is 2.75. The molecule has 0 aliphatic heterocycles. The third-order valence-electron chi connectivity index (χ3n) is 3.00. The quantitative estimate of drug-likeness (QED) is 0.629. The smallest absolute Gasteiger partial charge is 0.357 e. The Labute approximate surface area is 129 Å². The highest BCUT2D eigenvalue weighted by atomic mass is 16.6. The van der Waals surface area contributed by atoms with E-state index in [-0.39, 0.29) is 5.69 Å². The van der Waals surface area contributed by atoms with Crippen molar-refractivity contribution in [3.05, 3.63) is 60.4 Å². The van der Waals surface area contributed by atoms with E-state index >= 15 is 0 Å². The molecule has 0 aliphatic rings. The predicted octanol–water partition coefficient (Wildman–Crippen LogP) is 1.16. The van der Waals surface area contributed by atoms with Crippen molar-refractivity contribution in [2.24, 2.45) is 0 Å². The van der Waals surface area contributed by atoms with Gasteiger partial charge in [-0.15, -0.1) is 0 Å². The van der Waals surface area contributed by atoms with E-state index in [1.807, 2.05) is 4.98 Å². The molecule has 0 unspecified atom stereocenters. The highest BCUT2D eigenvalue weighted by molar-refractivity contribution is 5.74. The zero-order valence-electron chi connectivity index (χ0n) is 12.3. The summed E-state index contributed by atoms with van der Waals surface area (Å²) in [5.41, 5.74) is -2.26. The first-order chi connectivity index (χ1) is 11.0. The molecule has 1 aromatic heterocycles. The third-order valence-corrected chi connectivity index (χ3v) is 3.00. The standard InChI is InChI=1S/C14H13N3O6/c1-22-9-5-3-8(11(7-9)23-2)4-6-10-12(17(20)21)13(18)16-14(19)15-10/h3-7H,1-2H3,(H2,15,16,18,19). The summed E-state index contributed by atoms with van der Waals surface area (Å²) >= 11 is 0. The molecule has 2 rings (SSSR count). The Morgan fingerprint density at radius 3 is 2.48 bits per heavy atom. The molecule has 0 atom stereocenters. The van der Waals surface area contributed by atoms with Crippen LogP contribution in [-0.4, -0.2) is 29.1 Å². The van der Waals surface area contributed by atoms with Crippen LogP contribution in [-0.2, 0) is 0 Å².